The van der Waals surface area contributed by atoms with Crippen molar-refractivity contribution in [3.8, 4) is 5.88 Å². The van der Waals surface area contributed by atoms with Crippen LogP contribution in [0.5, 0.6) is 5.88 Å². The molecule has 4 heterocycles. The van der Waals surface area contributed by atoms with Crippen molar-refractivity contribution in [2.45, 2.75) is 26.7 Å². The third-order valence-electron chi connectivity index (χ3n) is 6.81. The second-order valence-corrected chi connectivity index (χ2v) is 8.64. The zero-order valence-electron chi connectivity index (χ0n) is 19.6. The normalized spacial score (nSPS) is 21.4. The number of carbonyl (C=O) groups is 2. The van der Waals surface area contributed by atoms with E-state index in [0.29, 0.717) is 44.2 Å². The van der Waals surface area contributed by atoms with E-state index in [4.69, 9.17) is 14.6 Å². The Labute approximate surface area is 193 Å². The number of methoxy groups -OCH3 is 1. The van der Waals surface area contributed by atoms with E-state index in [9.17, 15) is 9.90 Å². The molecule has 180 valence electrons. The Kier molecular flexibility index (Phi) is 7.52. The molecule has 0 aliphatic carbocycles. The van der Waals surface area contributed by atoms with Crippen molar-refractivity contribution in [2.75, 3.05) is 44.8 Å². The highest BCUT2D eigenvalue weighted by Crippen LogP contribution is 2.44. The van der Waals surface area contributed by atoms with Crippen LogP contribution in [0.3, 0.4) is 0 Å². The fourth-order valence-corrected chi connectivity index (χ4v) is 5.00. The number of aliphatic hydroxyl groups is 1. The zero-order valence-corrected chi connectivity index (χ0v) is 19.6. The van der Waals surface area contributed by atoms with Gasteiger partial charge in [-0.25, -0.2) is 9.97 Å². The molecule has 2 fully saturated rings. The molecule has 33 heavy (non-hydrogen) atoms. The number of rotatable bonds is 6. The van der Waals surface area contributed by atoms with Crippen LogP contribution >= 0.6 is 0 Å². The van der Waals surface area contributed by atoms with E-state index >= 15 is 0 Å². The summed E-state index contributed by atoms with van der Waals surface area (Å²) in [4.78, 5) is 34.0. The van der Waals surface area contributed by atoms with Crippen LogP contribution in [-0.2, 0) is 23.1 Å². The highest BCUT2D eigenvalue weighted by molar-refractivity contribution is 5.77. The summed E-state index contributed by atoms with van der Waals surface area (Å²) in [5, 5.41) is 21.6. The van der Waals surface area contributed by atoms with Gasteiger partial charge < -0.3 is 24.7 Å². The lowest BCUT2D eigenvalue weighted by molar-refractivity contribution is -0.130. The lowest BCUT2D eigenvalue weighted by Gasteiger charge is -2.28. The maximum atomic E-state index is 13.0. The monoisotopic (exact) mass is 460 g/mol. The van der Waals surface area contributed by atoms with Crippen molar-refractivity contribution < 1.29 is 24.5 Å². The molecule has 0 unspecified atom stereocenters. The summed E-state index contributed by atoms with van der Waals surface area (Å²) >= 11 is 0. The zero-order chi connectivity index (χ0) is 24.2. The predicted molar refractivity (Wildman–Crippen MR) is 120 cm³/mol. The molecule has 2 aromatic rings. The Bertz CT molecular complexity index is 996. The Morgan fingerprint density at radius 2 is 1.97 bits per heavy atom. The number of fused-ring (bicyclic) bond motifs is 1. The van der Waals surface area contributed by atoms with E-state index in [1.807, 2.05) is 30.5 Å². The largest absolute Gasteiger partial charge is 0.483 e. The summed E-state index contributed by atoms with van der Waals surface area (Å²) in [6, 6.07) is 0. The average Bonchev–Trinajstić information content (AvgIpc) is 3.41. The van der Waals surface area contributed by atoms with Crippen molar-refractivity contribution in [3.63, 3.8) is 0 Å². The van der Waals surface area contributed by atoms with Crippen LogP contribution in [0.25, 0.3) is 0 Å². The smallest absolute Gasteiger partial charge is 0.290 e. The number of carbonyl (C=O) groups excluding carboxylic acids is 1. The van der Waals surface area contributed by atoms with Crippen LogP contribution in [0.4, 0.5) is 5.82 Å². The average molecular weight is 461 g/mol. The number of aliphatic hydroxyl groups excluding tert-OH is 1. The van der Waals surface area contributed by atoms with Crippen LogP contribution in [0.15, 0.2) is 12.4 Å². The van der Waals surface area contributed by atoms with Gasteiger partial charge in [0.05, 0.1) is 19.4 Å². The van der Waals surface area contributed by atoms with Crippen molar-refractivity contribution in [1.29, 1.82) is 0 Å². The van der Waals surface area contributed by atoms with E-state index in [2.05, 4.69) is 20.0 Å². The Morgan fingerprint density at radius 1 is 1.27 bits per heavy atom. The number of aryl methyl sites for hydroxylation is 2. The first-order valence-corrected chi connectivity index (χ1v) is 10.9. The van der Waals surface area contributed by atoms with Gasteiger partial charge in [0.15, 0.2) is 5.82 Å². The summed E-state index contributed by atoms with van der Waals surface area (Å²) < 4.78 is 7.22. The van der Waals surface area contributed by atoms with Gasteiger partial charge in [-0.1, -0.05) is 0 Å². The number of likely N-dealkylation sites (tertiary alicyclic amines) is 1. The quantitative estimate of drug-likeness (QED) is 0.588. The van der Waals surface area contributed by atoms with Gasteiger partial charge in [0.1, 0.15) is 0 Å². The SMILES string of the molecule is COc1nccnc1N1C[C@H]2CN(C(=O)CCc3c(C)nn(C)c3C)C[C@@]2(CO)C1.O=CO. The molecule has 11 heteroatoms. The van der Waals surface area contributed by atoms with E-state index in [1.54, 1.807) is 19.5 Å². The van der Waals surface area contributed by atoms with Crippen LogP contribution in [0, 0.1) is 25.2 Å². The van der Waals surface area contributed by atoms with E-state index in [0.717, 1.165) is 23.5 Å². The van der Waals surface area contributed by atoms with E-state index in [-0.39, 0.29) is 30.3 Å². The first-order valence-electron chi connectivity index (χ1n) is 10.9. The molecule has 2 aliphatic rings. The maximum absolute atomic E-state index is 13.0. The third-order valence-corrected chi connectivity index (χ3v) is 6.81. The fraction of sp³-hybridized carbons (Fsp3) is 0.591. The number of hydrogen-bond acceptors (Lipinski definition) is 8. The molecule has 2 aliphatic heterocycles. The summed E-state index contributed by atoms with van der Waals surface area (Å²) in [6.45, 7) is 6.40. The lowest BCUT2D eigenvalue weighted by Crippen LogP contribution is -2.39. The van der Waals surface area contributed by atoms with E-state index in [1.165, 1.54) is 0 Å². The number of anilines is 1. The molecule has 11 nitrogen and oxygen atoms in total. The van der Waals surface area contributed by atoms with Crippen molar-refractivity contribution in [2.24, 2.45) is 18.4 Å². The second kappa shape index (κ2) is 10.2. The topological polar surface area (TPSA) is 134 Å². The number of carboxylic acid groups (broad SMARTS) is 1. The molecule has 2 saturated heterocycles. The molecule has 2 atom stereocenters. The standard InChI is InChI=1S/C21H30N6O3.CH2O2/c1-14-17(15(2)25(3)24-14)5-6-18(29)26-9-16-10-27(12-21(16,11-26)13-28)19-20(30-4)23-8-7-22-19;2-1-3/h7-8,16,28H,5-6,9-13H2,1-4H3;1H,(H,2,3)/t16-,21+;/m1./s1. The van der Waals surface area contributed by atoms with Gasteiger partial charge in [-0.3, -0.25) is 14.3 Å². The summed E-state index contributed by atoms with van der Waals surface area (Å²) in [6.07, 6.45) is 4.41. The minimum atomic E-state index is -0.335. The van der Waals surface area contributed by atoms with Gasteiger partial charge in [-0.05, 0) is 25.8 Å². The van der Waals surface area contributed by atoms with Crippen LogP contribution < -0.4 is 9.64 Å². The molecule has 2 aromatic heterocycles. The highest BCUT2D eigenvalue weighted by atomic mass is 16.5. The summed E-state index contributed by atoms with van der Waals surface area (Å²) in [5.74, 6) is 1.52. The van der Waals surface area contributed by atoms with Gasteiger partial charge >= 0.3 is 0 Å². The Morgan fingerprint density at radius 3 is 2.55 bits per heavy atom. The number of amides is 1. The van der Waals surface area contributed by atoms with Gasteiger partial charge in [-0.15, -0.1) is 0 Å². The Balaban J connectivity index is 0.000000968. The molecule has 0 saturated carbocycles. The second-order valence-electron chi connectivity index (χ2n) is 8.64. The first-order chi connectivity index (χ1) is 15.8. The number of nitrogens with zero attached hydrogens (tertiary/aromatic N) is 6. The number of ether oxygens (including phenoxy) is 1. The molecule has 2 N–H and O–H groups in total. The minimum absolute atomic E-state index is 0.0430. The van der Waals surface area contributed by atoms with Crippen LogP contribution in [-0.4, -0.2) is 87.1 Å². The van der Waals surface area contributed by atoms with E-state index < -0.39 is 0 Å². The third kappa shape index (κ3) is 4.77. The fourth-order valence-electron chi connectivity index (χ4n) is 5.00. The van der Waals surface area contributed by atoms with Gasteiger partial charge in [0.2, 0.25) is 5.91 Å². The first kappa shape index (κ1) is 24.4. The number of aromatic nitrogens is 4. The maximum Gasteiger partial charge on any atom is 0.290 e. The molecule has 4 rings (SSSR count). The lowest BCUT2D eigenvalue weighted by atomic mass is 9.82. The molecular formula is C22H32N6O5. The Hall–Kier alpha value is -3.21. The van der Waals surface area contributed by atoms with Gasteiger partial charge in [-0.2, -0.15) is 5.10 Å². The molecule has 0 radical (unpaired) electrons. The van der Waals surface area contributed by atoms with Crippen LogP contribution in [0.2, 0.25) is 0 Å². The van der Waals surface area contributed by atoms with Crippen molar-refractivity contribution >= 4 is 18.2 Å². The molecule has 0 aromatic carbocycles. The summed E-state index contributed by atoms with van der Waals surface area (Å²) in [7, 11) is 3.51. The molecule has 0 bridgehead atoms. The van der Waals surface area contributed by atoms with Crippen molar-refractivity contribution in [3.05, 3.63) is 29.3 Å². The molecule has 0 spiro atoms. The highest BCUT2D eigenvalue weighted by Gasteiger charge is 2.53. The van der Waals surface area contributed by atoms with Gasteiger partial charge in [0, 0.05) is 69.1 Å². The van der Waals surface area contributed by atoms with Gasteiger partial charge in [0.25, 0.3) is 12.4 Å². The molecular weight excluding hydrogens is 428 g/mol. The van der Waals surface area contributed by atoms with Crippen LogP contribution in [0.1, 0.15) is 23.4 Å². The number of hydrogen-bond donors (Lipinski definition) is 2. The van der Waals surface area contributed by atoms with Crippen molar-refractivity contribution in [1.82, 2.24) is 24.6 Å². The minimum Gasteiger partial charge on any atom is -0.483 e. The predicted octanol–water partition coefficient (Wildman–Crippen LogP) is 0.426. The molecule has 1 amide bonds. The summed E-state index contributed by atoms with van der Waals surface area (Å²) in [5.41, 5.74) is 2.92.